The average Bonchev–Trinajstić information content (AvgIpc) is 2.34. The van der Waals surface area contributed by atoms with E-state index in [0.717, 1.165) is 18.7 Å². The second-order valence-corrected chi connectivity index (χ2v) is 5.69. The first kappa shape index (κ1) is 16.3. The van der Waals surface area contributed by atoms with E-state index in [0.29, 0.717) is 5.82 Å². The van der Waals surface area contributed by atoms with Crippen molar-refractivity contribution in [2.24, 2.45) is 0 Å². The molecule has 5 heteroatoms. The summed E-state index contributed by atoms with van der Waals surface area (Å²) in [5.74, 6) is 0.485. The molecular weight excluding hydrogens is 254 g/mol. The molecule has 0 radical (unpaired) electrons. The Labute approximate surface area is 121 Å². The summed E-state index contributed by atoms with van der Waals surface area (Å²) in [4.78, 5) is 15.7. The molecule has 0 aliphatic heterocycles. The first-order valence-corrected chi connectivity index (χ1v) is 7.10. The maximum absolute atomic E-state index is 11.6. The number of unbranched alkanes of at least 4 members (excludes halogenated alkanes) is 2. The van der Waals surface area contributed by atoms with Crippen LogP contribution in [0.15, 0.2) is 18.3 Å². The highest BCUT2D eigenvalue weighted by atomic mass is 16.6. The molecule has 112 valence electrons. The minimum atomic E-state index is -0.509. The van der Waals surface area contributed by atoms with E-state index >= 15 is 0 Å². The summed E-state index contributed by atoms with van der Waals surface area (Å²) in [7, 11) is 0. The number of nitrogens with zero attached hydrogens (tertiary/aromatic N) is 1. The van der Waals surface area contributed by atoms with Crippen molar-refractivity contribution in [2.75, 3.05) is 17.2 Å². The molecule has 1 heterocycles. The lowest BCUT2D eigenvalue weighted by Gasteiger charge is -2.19. The Morgan fingerprint density at radius 2 is 2.05 bits per heavy atom. The Morgan fingerprint density at radius 3 is 2.60 bits per heavy atom. The van der Waals surface area contributed by atoms with Crippen LogP contribution in [0.25, 0.3) is 0 Å². The summed E-state index contributed by atoms with van der Waals surface area (Å²) in [6.07, 6.45) is 4.79. The maximum atomic E-state index is 11.6. The van der Waals surface area contributed by atoms with Crippen LogP contribution in [-0.4, -0.2) is 23.2 Å². The molecule has 0 aromatic carbocycles. The molecule has 1 amide bonds. The number of nitrogens with one attached hydrogen (secondary N) is 2. The van der Waals surface area contributed by atoms with Gasteiger partial charge >= 0.3 is 6.09 Å². The van der Waals surface area contributed by atoms with Gasteiger partial charge in [-0.05, 0) is 39.3 Å². The standard InChI is InChI=1S/C15H25N3O2/c1-5-6-7-10-16-12-8-9-13(17-11-12)18-14(19)20-15(2,3)4/h8-9,11,16H,5-7,10H2,1-4H3,(H,17,18,19). The van der Waals surface area contributed by atoms with Crippen LogP contribution in [0.5, 0.6) is 0 Å². The molecule has 0 atom stereocenters. The van der Waals surface area contributed by atoms with Crippen molar-refractivity contribution in [1.29, 1.82) is 0 Å². The first-order valence-electron chi connectivity index (χ1n) is 7.10. The summed E-state index contributed by atoms with van der Waals surface area (Å²) in [6, 6.07) is 3.65. The molecule has 1 aromatic heterocycles. The van der Waals surface area contributed by atoms with Gasteiger partial charge in [0.2, 0.25) is 0 Å². The van der Waals surface area contributed by atoms with Gasteiger partial charge in [-0.25, -0.2) is 9.78 Å². The van der Waals surface area contributed by atoms with Crippen LogP contribution in [0.2, 0.25) is 0 Å². The number of aromatic nitrogens is 1. The highest BCUT2D eigenvalue weighted by molar-refractivity contribution is 5.83. The molecule has 2 N–H and O–H groups in total. The van der Waals surface area contributed by atoms with Crippen LogP contribution in [0.4, 0.5) is 16.3 Å². The van der Waals surface area contributed by atoms with Gasteiger partial charge in [-0.1, -0.05) is 19.8 Å². The van der Waals surface area contributed by atoms with Crippen LogP contribution in [-0.2, 0) is 4.74 Å². The third-order valence-corrected chi connectivity index (χ3v) is 2.50. The molecular formula is C15H25N3O2. The van der Waals surface area contributed by atoms with Crippen molar-refractivity contribution in [3.63, 3.8) is 0 Å². The van der Waals surface area contributed by atoms with E-state index in [1.807, 2.05) is 26.8 Å². The van der Waals surface area contributed by atoms with Crippen molar-refractivity contribution < 1.29 is 9.53 Å². The fraction of sp³-hybridized carbons (Fsp3) is 0.600. The number of ether oxygens (including phenoxy) is 1. The fourth-order valence-electron chi connectivity index (χ4n) is 1.59. The fourth-order valence-corrected chi connectivity index (χ4v) is 1.59. The van der Waals surface area contributed by atoms with E-state index in [2.05, 4.69) is 22.5 Å². The SMILES string of the molecule is CCCCCNc1ccc(NC(=O)OC(C)(C)C)nc1. The Kier molecular flexibility index (Phi) is 6.28. The van der Waals surface area contributed by atoms with Gasteiger partial charge in [0.15, 0.2) is 0 Å². The van der Waals surface area contributed by atoms with Gasteiger partial charge in [-0.3, -0.25) is 5.32 Å². The number of anilines is 2. The predicted octanol–water partition coefficient (Wildman–Crippen LogP) is 4.03. The lowest BCUT2D eigenvalue weighted by atomic mass is 10.2. The van der Waals surface area contributed by atoms with Crippen LogP contribution in [0.1, 0.15) is 47.0 Å². The lowest BCUT2D eigenvalue weighted by molar-refractivity contribution is 0.0635. The number of amides is 1. The zero-order chi connectivity index (χ0) is 15.0. The second-order valence-electron chi connectivity index (χ2n) is 5.69. The molecule has 1 aromatic rings. The smallest absolute Gasteiger partial charge is 0.413 e. The van der Waals surface area contributed by atoms with E-state index in [-0.39, 0.29) is 0 Å². The number of carbonyl (C=O) groups excluding carboxylic acids is 1. The van der Waals surface area contributed by atoms with Crippen molar-refractivity contribution in [2.45, 2.75) is 52.6 Å². The number of hydrogen-bond acceptors (Lipinski definition) is 4. The number of pyridine rings is 1. The van der Waals surface area contributed by atoms with E-state index in [9.17, 15) is 4.79 Å². The zero-order valence-corrected chi connectivity index (χ0v) is 12.8. The Morgan fingerprint density at radius 1 is 1.30 bits per heavy atom. The van der Waals surface area contributed by atoms with Gasteiger partial charge in [0, 0.05) is 6.54 Å². The average molecular weight is 279 g/mol. The predicted molar refractivity (Wildman–Crippen MR) is 82.1 cm³/mol. The number of hydrogen-bond donors (Lipinski definition) is 2. The van der Waals surface area contributed by atoms with E-state index in [1.54, 1.807) is 12.3 Å². The van der Waals surface area contributed by atoms with Crippen LogP contribution < -0.4 is 10.6 Å². The van der Waals surface area contributed by atoms with Gasteiger partial charge in [-0.2, -0.15) is 0 Å². The summed E-state index contributed by atoms with van der Waals surface area (Å²) in [6.45, 7) is 8.59. The highest BCUT2D eigenvalue weighted by Crippen LogP contribution is 2.12. The minimum absolute atomic E-state index is 0.485. The lowest BCUT2D eigenvalue weighted by Crippen LogP contribution is -2.27. The number of carbonyl (C=O) groups is 1. The van der Waals surface area contributed by atoms with Gasteiger partial charge < -0.3 is 10.1 Å². The van der Waals surface area contributed by atoms with Crippen molar-refractivity contribution in [3.05, 3.63) is 18.3 Å². The van der Waals surface area contributed by atoms with Crippen molar-refractivity contribution in [3.8, 4) is 0 Å². The molecule has 0 bridgehead atoms. The highest BCUT2D eigenvalue weighted by Gasteiger charge is 2.16. The van der Waals surface area contributed by atoms with E-state index in [4.69, 9.17) is 4.74 Å². The summed E-state index contributed by atoms with van der Waals surface area (Å²) in [5.41, 5.74) is 0.445. The van der Waals surface area contributed by atoms with E-state index in [1.165, 1.54) is 12.8 Å². The number of rotatable bonds is 6. The minimum Gasteiger partial charge on any atom is -0.444 e. The monoisotopic (exact) mass is 279 g/mol. The maximum Gasteiger partial charge on any atom is 0.413 e. The van der Waals surface area contributed by atoms with Gasteiger partial charge in [0.05, 0.1) is 11.9 Å². The molecule has 0 saturated carbocycles. The molecule has 1 rings (SSSR count). The Balaban J connectivity index is 2.40. The quantitative estimate of drug-likeness (QED) is 0.772. The van der Waals surface area contributed by atoms with Crippen LogP contribution in [0.3, 0.4) is 0 Å². The molecule has 5 nitrogen and oxygen atoms in total. The van der Waals surface area contributed by atoms with Gasteiger partial charge in [0.25, 0.3) is 0 Å². The second kappa shape index (κ2) is 7.72. The third kappa shape index (κ3) is 6.97. The molecule has 0 aliphatic rings. The van der Waals surface area contributed by atoms with Crippen LogP contribution in [0, 0.1) is 0 Å². The Bertz CT molecular complexity index is 410. The summed E-state index contributed by atoms with van der Waals surface area (Å²) < 4.78 is 5.16. The first-order chi connectivity index (χ1) is 9.40. The molecule has 0 fully saturated rings. The molecule has 0 aliphatic carbocycles. The van der Waals surface area contributed by atoms with Gasteiger partial charge in [-0.15, -0.1) is 0 Å². The Hall–Kier alpha value is -1.78. The summed E-state index contributed by atoms with van der Waals surface area (Å²) in [5, 5.41) is 5.89. The molecule has 0 saturated heterocycles. The van der Waals surface area contributed by atoms with Gasteiger partial charge in [0.1, 0.15) is 11.4 Å². The summed E-state index contributed by atoms with van der Waals surface area (Å²) >= 11 is 0. The normalized spacial score (nSPS) is 11.0. The third-order valence-electron chi connectivity index (χ3n) is 2.50. The van der Waals surface area contributed by atoms with Crippen molar-refractivity contribution >= 4 is 17.6 Å². The molecule has 0 spiro atoms. The van der Waals surface area contributed by atoms with Crippen LogP contribution >= 0.6 is 0 Å². The molecule has 0 unspecified atom stereocenters. The topological polar surface area (TPSA) is 63.2 Å². The zero-order valence-electron chi connectivity index (χ0n) is 12.8. The van der Waals surface area contributed by atoms with Crippen molar-refractivity contribution in [1.82, 2.24) is 4.98 Å². The molecule has 20 heavy (non-hydrogen) atoms. The largest absolute Gasteiger partial charge is 0.444 e. The van der Waals surface area contributed by atoms with E-state index < -0.39 is 11.7 Å².